The van der Waals surface area contributed by atoms with Crippen molar-refractivity contribution in [3.63, 3.8) is 0 Å². The van der Waals surface area contributed by atoms with E-state index in [4.69, 9.17) is 0 Å². The first-order valence-electron chi connectivity index (χ1n) is 11.0. The van der Waals surface area contributed by atoms with Crippen molar-refractivity contribution >= 4 is 34.0 Å². The van der Waals surface area contributed by atoms with Crippen LogP contribution in [0.5, 0.6) is 0 Å². The number of anilines is 1. The van der Waals surface area contributed by atoms with Crippen LogP contribution in [0.3, 0.4) is 0 Å². The van der Waals surface area contributed by atoms with Gasteiger partial charge in [0.2, 0.25) is 5.91 Å². The number of pyridine rings is 1. The standard InChI is InChI=1S/C24H26F4N4O/c1-14(24(26,27)28)22-17-5-2-6-20(32-21-13-29-11-9-19(21)25)18(17)12-16(31-22)4-3-10-30-23(33)15-7-8-15/h2-6,12,15,19,21,29,32H,1,7-11,13H2,(H,30,33)/b4-3+/t19-,21+/m0/s1. The van der Waals surface area contributed by atoms with Gasteiger partial charge in [0.05, 0.1) is 23.0 Å². The number of hydrogen-bond donors (Lipinski definition) is 3. The molecule has 5 nitrogen and oxygen atoms in total. The molecular weight excluding hydrogens is 436 g/mol. The summed E-state index contributed by atoms with van der Waals surface area (Å²) in [6.45, 7) is 4.48. The van der Waals surface area contributed by atoms with Crippen molar-refractivity contribution in [3.05, 3.63) is 48.3 Å². The van der Waals surface area contributed by atoms with Gasteiger partial charge in [0.1, 0.15) is 6.17 Å². The largest absolute Gasteiger partial charge is 0.417 e. The highest BCUT2D eigenvalue weighted by Gasteiger charge is 2.35. The Morgan fingerprint density at radius 3 is 2.73 bits per heavy atom. The highest BCUT2D eigenvalue weighted by atomic mass is 19.4. The summed E-state index contributed by atoms with van der Waals surface area (Å²) in [5.74, 6) is 0.0479. The minimum absolute atomic E-state index is 0.0226. The number of benzene rings is 1. The smallest absolute Gasteiger partial charge is 0.378 e. The molecule has 2 aromatic rings. The van der Waals surface area contributed by atoms with Crippen molar-refractivity contribution in [3.8, 4) is 0 Å². The van der Waals surface area contributed by atoms with Gasteiger partial charge in [0.15, 0.2) is 0 Å². The summed E-state index contributed by atoms with van der Waals surface area (Å²) in [7, 11) is 0. The highest BCUT2D eigenvalue weighted by molar-refractivity contribution is 6.00. The zero-order chi connectivity index (χ0) is 23.6. The predicted molar refractivity (Wildman–Crippen MR) is 121 cm³/mol. The average molecular weight is 462 g/mol. The Kier molecular flexibility index (Phi) is 6.69. The van der Waals surface area contributed by atoms with Crippen LogP contribution in [0.4, 0.5) is 23.2 Å². The lowest BCUT2D eigenvalue weighted by Crippen LogP contribution is -2.46. The summed E-state index contributed by atoms with van der Waals surface area (Å²) in [5.41, 5.74) is -0.510. The third kappa shape index (κ3) is 5.52. The average Bonchev–Trinajstić information content (AvgIpc) is 3.62. The first kappa shape index (κ1) is 23.2. The number of amides is 1. The molecule has 0 unspecified atom stereocenters. The monoisotopic (exact) mass is 462 g/mol. The van der Waals surface area contributed by atoms with E-state index >= 15 is 0 Å². The molecule has 1 aromatic heterocycles. The first-order valence-corrected chi connectivity index (χ1v) is 11.0. The molecule has 9 heteroatoms. The second-order valence-electron chi connectivity index (χ2n) is 8.45. The van der Waals surface area contributed by atoms with Crippen molar-refractivity contribution in [1.29, 1.82) is 0 Å². The van der Waals surface area contributed by atoms with Gasteiger partial charge >= 0.3 is 6.18 Å². The Morgan fingerprint density at radius 1 is 1.24 bits per heavy atom. The SMILES string of the molecule is C=C(c1nc(/C=C/CNC(=O)C2CC2)cc2c(N[C@@H]3CNCC[C@@H]3F)cccc12)C(F)(F)F. The van der Waals surface area contributed by atoms with Gasteiger partial charge in [-0.25, -0.2) is 9.37 Å². The molecule has 1 saturated heterocycles. The number of hydrogen-bond acceptors (Lipinski definition) is 4. The lowest BCUT2D eigenvalue weighted by Gasteiger charge is -2.29. The number of allylic oxidation sites excluding steroid dienone is 1. The van der Waals surface area contributed by atoms with Gasteiger partial charge in [-0.1, -0.05) is 24.8 Å². The number of piperidine rings is 1. The Bertz CT molecular complexity index is 1080. The van der Waals surface area contributed by atoms with E-state index in [0.717, 1.165) is 12.8 Å². The van der Waals surface area contributed by atoms with E-state index < -0.39 is 24.0 Å². The zero-order valence-electron chi connectivity index (χ0n) is 18.0. The van der Waals surface area contributed by atoms with Crippen molar-refractivity contribution < 1.29 is 22.4 Å². The predicted octanol–water partition coefficient (Wildman–Crippen LogP) is 4.46. The first-order chi connectivity index (χ1) is 15.7. The lowest BCUT2D eigenvalue weighted by molar-refractivity contribution is -0.122. The summed E-state index contributed by atoms with van der Waals surface area (Å²) >= 11 is 0. The summed E-state index contributed by atoms with van der Waals surface area (Å²) in [4.78, 5) is 16.0. The topological polar surface area (TPSA) is 66.0 Å². The maximum atomic E-state index is 14.4. The van der Waals surface area contributed by atoms with Crippen molar-refractivity contribution in [2.45, 2.75) is 37.7 Å². The van der Waals surface area contributed by atoms with E-state index in [1.54, 1.807) is 36.4 Å². The maximum Gasteiger partial charge on any atom is 0.417 e. The molecule has 4 rings (SSSR count). The molecule has 0 radical (unpaired) electrons. The van der Waals surface area contributed by atoms with Crippen molar-refractivity contribution in [2.24, 2.45) is 5.92 Å². The van der Waals surface area contributed by atoms with Crippen LogP contribution in [0.1, 0.15) is 30.7 Å². The molecule has 1 aromatic carbocycles. The summed E-state index contributed by atoms with van der Waals surface area (Å²) in [6, 6.07) is 6.05. The molecule has 1 aliphatic heterocycles. The number of nitrogens with one attached hydrogen (secondary N) is 3. The number of carbonyl (C=O) groups is 1. The van der Waals surface area contributed by atoms with Crippen LogP contribution in [0.15, 0.2) is 36.9 Å². The lowest BCUT2D eigenvalue weighted by atomic mass is 10.00. The fourth-order valence-electron chi connectivity index (χ4n) is 3.87. The minimum atomic E-state index is -4.65. The Hall–Kier alpha value is -2.94. The van der Waals surface area contributed by atoms with Gasteiger partial charge in [-0.2, -0.15) is 13.2 Å². The number of nitrogens with zero attached hydrogens (tertiary/aromatic N) is 1. The van der Waals surface area contributed by atoms with Crippen LogP contribution in [0, 0.1) is 5.92 Å². The molecule has 33 heavy (non-hydrogen) atoms. The second-order valence-corrected chi connectivity index (χ2v) is 8.45. The molecule has 0 spiro atoms. The van der Waals surface area contributed by atoms with Crippen molar-refractivity contribution in [1.82, 2.24) is 15.6 Å². The number of halogens is 4. The number of rotatable bonds is 7. The Balaban J connectivity index is 1.67. The van der Waals surface area contributed by atoms with Gasteiger partial charge < -0.3 is 16.0 Å². The third-order valence-corrected chi connectivity index (χ3v) is 5.89. The fourth-order valence-corrected chi connectivity index (χ4v) is 3.87. The molecule has 176 valence electrons. The van der Waals surface area contributed by atoms with E-state index in [1.807, 2.05) is 0 Å². The number of fused-ring (bicyclic) bond motifs is 1. The third-order valence-electron chi connectivity index (χ3n) is 5.89. The summed E-state index contributed by atoms with van der Waals surface area (Å²) in [5, 5.41) is 9.82. The summed E-state index contributed by atoms with van der Waals surface area (Å²) < 4.78 is 54.9. The minimum Gasteiger partial charge on any atom is -0.378 e. The zero-order valence-corrected chi connectivity index (χ0v) is 18.0. The number of aromatic nitrogens is 1. The van der Waals surface area contributed by atoms with Gasteiger partial charge in [0.25, 0.3) is 0 Å². The molecule has 1 aliphatic carbocycles. The number of alkyl halides is 4. The molecule has 1 saturated carbocycles. The quantitative estimate of drug-likeness (QED) is 0.532. The second kappa shape index (κ2) is 9.51. The molecule has 2 aliphatic rings. The van der Waals surface area contributed by atoms with Crippen LogP contribution in [-0.2, 0) is 4.79 Å². The molecule has 1 amide bonds. The molecule has 2 atom stereocenters. The van der Waals surface area contributed by atoms with E-state index in [2.05, 4.69) is 27.5 Å². The van der Waals surface area contributed by atoms with E-state index in [-0.39, 0.29) is 35.1 Å². The molecule has 2 heterocycles. The van der Waals surface area contributed by atoms with Gasteiger partial charge in [0, 0.05) is 35.5 Å². The Labute approximate surface area is 189 Å². The van der Waals surface area contributed by atoms with Gasteiger partial charge in [-0.15, -0.1) is 0 Å². The van der Waals surface area contributed by atoms with E-state index in [9.17, 15) is 22.4 Å². The maximum absolute atomic E-state index is 14.4. The van der Waals surface area contributed by atoms with Crippen LogP contribution in [0.2, 0.25) is 0 Å². The highest BCUT2D eigenvalue weighted by Crippen LogP contribution is 2.37. The van der Waals surface area contributed by atoms with Gasteiger partial charge in [-0.05, 0) is 44.0 Å². The van der Waals surface area contributed by atoms with Crippen LogP contribution in [0.25, 0.3) is 22.4 Å². The van der Waals surface area contributed by atoms with Crippen molar-refractivity contribution in [2.75, 3.05) is 25.0 Å². The number of carbonyl (C=O) groups excluding carboxylic acids is 1. The van der Waals surface area contributed by atoms with E-state index in [0.29, 0.717) is 30.6 Å². The molecule has 3 N–H and O–H groups in total. The molecule has 2 fully saturated rings. The fraction of sp³-hybridized carbons (Fsp3) is 0.417. The molecule has 0 bridgehead atoms. The summed E-state index contributed by atoms with van der Waals surface area (Å²) in [6.07, 6.45) is -0.373. The van der Waals surface area contributed by atoms with Gasteiger partial charge in [-0.3, -0.25) is 4.79 Å². The van der Waals surface area contributed by atoms with Crippen LogP contribution < -0.4 is 16.0 Å². The van der Waals surface area contributed by atoms with Crippen LogP contribution in [-0.4, -0.2) is 48.9 Å². The van der Waals surface area contributed by atoms with Crippen LogP contribution >= 0.6 is 0 Å². The Morgan fingerprint density at radius 2 is 2.03 bits per heavy atom. The molecular formula is C24H26F4N4O. The van der Waals surface area contributed by atoms with E-state index in [1.165, 1.54) is 0 Å². The normalized spacial score (nSPS) is 21.3.